The van der Waals surface area contributed by atoms with Crippen molar-refractivity contribution in [3.8, 4) is 11.5 Å². The van der Waals surface area contributed by atoms with E-state index < -0.39 is 5.60 Å². The third kappa shape index (κ3) is 6.03. The van der Waals surface area contributed by atoms with Crippen molar-refractivity contribution in [3.63, 3.8) is 0 Å². The Hall–Kier alpha value is -2.04. The van der Waals surface area contributed by atoms with E-state index in [9.17, 15) is 5.11 Å². The second kappa shape index (κ2) is 10.4. The Bertz CT molecular complexity index is 1020. The second-order valence-corrected chi connectivity index (χ2v) is 15.6. The summed E-state index contributed by atoms with van der Waals surface area (Å²) in [5.74, 6) is 1.84. The molecule has 218 valence electrons. The van der Waals surface area contributed by atoms with Crippen LogP contribution in [0.5, 0.6) is 11.5 Å². The Labute approximate surface area is 238 Å². The monoisotopic (exact) mass is 537 g/mol. The van der Waals surface area contributed by atoms with E-state index in [1.165, 1.54) is 0 Å². The number of hydrogen-bond acceptors (Lipinski definition) is 4. The molecule has 0 amide bonds. The zero-order chi connectivity index (χ0) is 29.8. The molecule has 0 radical (unpaired) electrons. The second-order valence-electron chi connectivity index (χ2n) is 15.6. The van der Waals surface area contributed by atoms with Gasteiger partial charge in [0.2, 0.25) is 0 Å². The Balaban J connectivity index is 2.53. The molecule has 1 heterocycles. The third-order valence-electron chi connectivity index (χ3n) is 8.26. The van der Waals surface area contributed by atoms with Crippen LogP contribution < -0.4 is 14.8 Å². The first kappa shape index (κ1) is 31.5. The van der Waals surface area contributed by atoms with Crippen LogP contribution in [0, 0.1) is 0 Å². The summed E-state index contributed by atoms with van der Waals surface area (Å²) in [5.41, 5.74) is 4.38. The maximum atomic E-state index is 13.2. The van der Waals surface area contributed by atoms with E-state index in [1.54, 1.807) is 14.2 Å². The highest BCUT2D eigenvalue weighted by Gasteiger charge is 2.45. The summed E-state index contributed by atoms with van der Waals surface area (Å²) in [6.45, 7) is 27.5. The number of aliphatic hydroxyl groups is 1. The van der Waals surface area contributed by atoms with Crippen molar-refractivity contribution >= 4 is 0 Å². The minimum Gasteiger partial charge on any atom is -0.496 e. The molecule has 1 saturated heterocycles. The van der Waals surface area contributed by atoms with Crippen molar-refractivity contribution in [1.82, 2.24) is 5.32 Å². The molecule has 3 rings (SSSR count). The fourth-order valence-electron chi connectivity index (χ4n) is 5.98. The van der Waals surface area contributed by atoms with Gasteiger partial charge in [-0.15, -0.1) is 0 Å². The highest BCUT2D eigenvalue weighted by atomic mass is 16.5. The zero-order valence-corrected chi connectivity index (χ0v) is 27.3. The smallest absolute Gasteiger partial charge is 0.130 e. The minimum absolute atomic E-state index is 0.111. The Morgan fingerprint density at radius 1 is 0.615 bits per heavy atom. The van der Waals surface area contributed by atoms with Gasteiger partial charge >= 0.3 is 0 Å². The largest absolute Gasteiger partial charge is 0.496 e. The fourth-order valence-corrected chi connectivity index (χ4v) is 5.98. The molecular weight excluding hydrogens is 482 g/mol. The lowest BCUT2D eigenvalue weighted by Crippen LogP contribution is -2.47. The van der Waals surface area contributed by atoms with Crippen molar-refractivity contribution in [2.45, 2.75) is 129 Å². The molecule has 0 spiro atoms. The van der Waals surface area contributed by atoms with Gasteiger partial charge in [-0.1, -0.05) is 83.1 Å². The number of methoxy groups -OCH3 is 2. The molecule has 39 heavy (non-hydrogen) atoms. The first-order chi connectivity index (χ1) is 17.7. The van der Waals surface area contributed by atoms with E-state index in [0.717, 1.165) is 64.3 Å². The van der Waals surface area contributed by atoms with Crippen molar-refractivity contribution in [1.29, 1.82) is 0 Å². The fraction of sp³-hybridized carbons (Fsp3) is 0.657. The normalized spacial score (nSPS) is 17.5. The summed E-state index contributed by atoms with van der Waals surface area (Å²) in [6.07, 6.45) is 1.94. The molecule has 1 aliphatic heterocycles. The topological polar surface area (TPSA) is 50.7 Å². The van der Waals surface area contributed by atoms with Crippen molar-refractivity contribution in [2.24, 2.45) is 0 Å². The van der Waals surface area contributed by atoms with E-state index in [4.69, 9.17) is 9.47 Å². The highest BCUT2D eigenvalue weighted by Crippen LogP contribution is 2.48. The molecule has 0 saturated carbocycles. The van der Waals surface area contributed by atoms with E-state index in [2.05, 4.69) is 113 Å². The molecule has 4 nitrogen and oxygen atoms in total. The summed E-state index contributed by atoms with van der Waals surface area (Å²) in [6, 6.07) is 8.69. The molecule has 1 atom stereocenters. The van der Waals surface area contributed by atoms with E-state index >= 15 is 0 Å². The van der Waals surface area contributed by atoms with Crippen LogP contribution in [-0.4, -0.2) is 31.9 Å². The molecule has 1 unspecified atom stereocenters. The average Bonchev–Trinajstić information content (AvgIpc) is 3.35. The Morgan fingerprint density at radius 3 is 1.13 bits per heavy atom. The van der Waals surface area contributed by atoms with E-state index in [-0.39, 0.29) is 27.7 Å². The van der Waals surface area contributed by atoms with Gasteiger partial charge in [-0.05, 0) is 76.4 Å². The number of nitrogens with one attached hydrogen (secondary N) is 1. The first-order valence-corrected chi connectivity index (χ1v) is 14.6. The van der Waals surface area contributed by atoms with Gasteiger partial charge in [0.05, 0.1) is 14.2 Å². The van der Waals surface area contributed by atoms with Crippen molar-refractivity contribution < 1.29 is 14.6 Å². The van der Waals surface area contributed by atoms with Crippen molar-refractivity contribution in [3.05, 3.63) is 57.6 Å². The number of benzene rings is 2. The van der Waals surface area contributed by atoms with Crippen LogP contribution >= 0.6 is 0 Å². The van der Waals surface area contributed by atoms with E-state index in [0.29, 0.717) is 0 Å². The number of hydrogen-bond donors (Lipinski definition) is 2. The van der Waals surface area contributed by atoms with Crippen LogP contribution in [0.1, 0.15) is 129 Å². The van der Waals surface area contributed by atoms with Gasteiger partial charge in [-0.2, -0.15) is 0 Å². The lowest BCUT2D eigenvalue weighted by Gasteiger charge is -2.40. The summed E-state index contributed by atoms with van der Waals surface area (Å²) < 4.78 is 12.1. The van der Waals surface area contributed by atoms with Gasteiger partial charge in [-0.25, -0.2) is 0 Å². The maximum Gasteiger partial charge on any atom is 0.130 e. The lowest BCUT2D eigenvalue weighted by atomic mass is 9.70. The molecule has 4 heteroatoms. The van der Waals surface area contributed by atoms with Gasteiger partial charge in [0, 0.05) is 28.3 Å². The molecule has 0 aliphatic carbocycles. The van der Waals surface area contributed by atoms with Crippen LogP contribution in [0.2, 0.25) is 0 Å². The van der Waals surface area contributed by atoms with Gasteiger partial charge in [-0.3, -0.25) is 0 Å². The number of ether oxygens (including phenoxy) is 2. The predicted molar refractivity (Wildman–Crippen MR) is 165 cm³/mol. The summed E-state index contributed by atoms with van der Waals surface area (Å²) in [5, 5.41) is 16.9. The Kier molecular flexibility index (Phi) is 8.41. The zero-order valence-electron chi connectivity index (χ0n) is 27.3. The molecule has 2 aromatic rings. The first-order valence-electron chi connectivity index (χ1n) is 14.6. The number of rotatable bonds is 5. The highest BCUT2D eigenvalue weighted by molar-refractivity contribution is 5.58. The predicted octanol–water partition coefficient (Wildman–Crippen LogP) is 7.88. The van der Waals surface area contributed by atoms with Crippen LogP contribution in [0.25, 0.3) is 0 Å². The van der Waals surface area contributed by atoms with E-state index in [1.807, 2.05) is 0 Å². The van der Waals surface area contributed by atoms with Gasteiger partial charge in [0.1, 0.15) is 17.1 Å². The standard InChI is InChI=1S/C35H55NO3/c1-31(2,3)24-18-22(19-25(29(24)38-13)32(4,5)6)35(37,28-16-15-17-36-28)23-20-26(33(7,8)9)30(39-14)27(21-23)34(10,11)12/h18-21,28,36-37H,15-17H2,1-14H3. The van der Waals surface area contributed by atoms with Gasteiger partial charge < -0.3 is 19.9 Å². The third-order valence-corrected chi connectivity index (χ3v) is 8.26. The molecule has 0 bridgehead atoms. The lowest BCUT2D eigenvalue weighted by molar-refractivity contribution is 0.0436. The van der Waals surface area contributed by atoms with Gasteiger partial charge in [0.15, 0.2) is 0 Å². The summed E-state index contributed by atoms with van der Waals surface area (Å²) in [7, 11) is 3.53. The molecule has 1 aliphatic rings. The summed E-state index contributed by atoms with van der Waals surface area (Å²) in [4.78, 5) is 0. The van der Waals surface area contributed by atoms with Crippen LogP contribution in [-0.2, 0) is 27.3 Å². The molecule has 0 aromatic heterocycles. The average molecular weight is 538 g/mol. The van der Waals surface area contributed by atoms with Crippen molar-refractivity contribution in [2.75, 3.05) is 20.8 Å². The van der Waals surface area contributed by atoms with Gasteiger partial charge in [0.25, 0.3) is 0 Å². The SMILES string of the molecule is COc1c(C(C)(C)C)cc(C(O)(c2cc(C(C)(C)C)c(OC)c(C(C)(C)C)c2)C2CCCN2)cc1C(C)(C)C. The quantitative estimate of drug-likeness (QED) is 0.407. The molecule has 2 aromatic carbocycles. The maximum absolute atomic E-state index is 13.2. The van der Waals surface area contributed by atoms with Crippen LogP contribution in [0.15, 0.2) is 24.3 Å². The van der Waals surface area contributed by atoms with Crippen LogP contribution in [0.4, 0.5) is 0 Å². The van der Waals surface area contributed by atoms with Crippen LogP contribution in [0.3, 0.4) is 0 Å². The molecule has 1 fully saturated rings. The minimum atomic E-state index is -1.24. The summed E-state index contributed by atoms with van der Waals surface area (Å²) >= 11 is 0. The Morgan fingerprint density at radius 2 is 0.923 bits per heavy atom. The molecule has 2 N–H and O–H groups in total. The molecular formula is C35H55NO3.